The molecule has 1 saturated carbocycles. The molecule has 2 aromatic carbocycles. The van der Waals surface area contributed by atoms with Crippen molar-refractivity contribution in [2.45, 2.75) is 51.4 Å². The van der Waals surface area contributed by atoms with Gasteiger partial charge in [-0.2, -0.15) is 0 Å². The normalized spacial score (nSPS) is 17.9. The van der Waals surface area contributed by atoms with Gasteiger partial charge in [-0.15, -0.1) is 0 Å². The Bertz CT molecular complexity index is 601. The van der Waals surface area contributed by atoms with Crippen molar-refractivity contribution in [2.75, 3.05) is 4.90 Å². The summed E-state index contributed by atoms with van der Waals surface area (Å²) in [4.78, 5) is 2.46. The standard InChI is InChI=1S/C20H24N2/c1-2-6-18-15-22(14-17(18)5-1)20-11-9-16(10-12-20)13-21-19-7-3-4-8-19/h1-2,5-6,9-12,19,21H,3-4,7-8,13-15H2. The summed E-state index contributed by atoms with van der Waals surface area (Å²) in [5, 5.41) is 3.69. The lowest BCUT2D eigenvalue weighted by atomic mass is 10.1. The van der Waals surface area contributed by atoms with Crippen molar-refractivity contribution in [1.29, 1.82) is 0 Å². The van der Waals surface area contributed by atoms with Crippen LogP contribution in [0.5, 0.6) is 0 Å². The van der Waals surface area contributed by atoms with Gasteiger partial charge in [-0.1, -0.05) is 49.2 Å². The van der Waals surface area contributed by atoms with Gasteiger partial charge in [0.25, 0.3) is 0 Å². The third kappa shape index (κ3) is 2.89. The molecule has 114 valence electrons. The fraction of sp³-hybridized carbons (Fsp3) is 0.400. The van der Waals surface area contributed by atoms with Gasteiger partial charge in [0.05, 0.1) is 0 Å². The quantitative estimate of drug-likeness (QED) is 0.906. The fourth-order valence-corrected chi connectivity index (χ4v) is 3.73. The molecule has 0 saturated heterocycles. The molecule has 0 radical (unpaired) electrons. The van der Waals surface area contributed by atoms with Crippen LogP contribution in [0.2, 0.25) is 0 Å². The summed E-state index contributed by atoms with van der Waals surface area (Å²) in [6.07, 6.45) is 5.49. The molecule has 2 heteroatoms. The van der Waals surface area contributed by atoms with E-state index in [0.717, 1.165) is 25.7 Å². The lowest BCUT2D eigenvalue weighted by Gasteiger charge is -2.18. The largest absolute Gasteiger partial charge is 0.363 e. The molecule has 2 aromatic rings. The first-order valence-corrected chi connectivity index (χ1v) is 8.52. The van der Waals surface area contributed by atoms with Gasteiger partial charge in [0.2, 0.25) is 0 Å². The number of anilines is 1. The highest BCUT2D eigenvalue weighted by Gasteiger charge is 2.18. The lowest BCUT2D eigenvalue weighted by molar-refractivity contribution is 0.524. The molecular formula is C20H24N2. The number of hydrogen-bond donors (Lipinski definition) is 1. The minimum absolute atomic E-state index is 0.743. The van der Waals surface area contributed by atoms with E-state index in [2.05, 4.69) is 58.7 Å². The predicted octanol–water partition coefficient (Wildman–Crippen LogP) is 4.24. The van der Waals surface area contributed by atoms with Crippen LogP contribution in [0.15, 0.2) is 48.5 Å². The van der Waals surface area contributed by atoms with Crippen LogP contribution in [0.3, 0.4) is 0 Å². The van der Waals surface area contributed by atoms with Gasteiger partial charge in [0, 0.05) is 31.4 Å². The van der Waals surface area contributed by atoms with Gasteiger partial charge in [-0.3, -0.25) is 0 Å². The molecule has 0 amide bonds. The van der Waals surface area contributed by atoms with Gasteiger partial charge >= 0.3 is 0 Å². The van der Waals surface area contributed by atoms with Crippen molar-refractivity contribution in [1.82, 2.24) is 5.32 Å². The van der Waals surface area contributed by atoms with Crippen molar-refractivity contribution in [2.24, 2.45) is 0 Å². The zero-order valence-corrected chi connectivity index (χ0v) is 13.1. The maximum absolute atomic E-state index is 3.69. The second-order valence-corrected chi connectivity index (χ2v) is 6.65. The Morgan fingerprint density at radius 3 is 2.14 bits per heavy atom. The molecule has 1 heterocycles. The molecule has 1 fully saturated rings. The molecule has 22 heavy (non-hydrogen) atoms. The van der Waals surface area contributed by atoms with Crippen LogP contribution in [0.4, 0.5) is 5.69 Å². The Morgan fingerprint density at radius 2 is 1.50 bits per heavy atom. The summed E-state index contributed by atoms with van der Waals surface area (Å²) >= 11 is 0. The molecule has 0 spiro atoms. The molecule has 4 rings (SSSR count). The smallest absolute Gasteiger partial charge is 0.0436 e. The average Bonchev–Trinajstić information content (AvgIpc) is 3.22. The SMILES string of the molecule is c1ccc2c(c1)CN(c1ccc(CNC3CCCC3)cc1)C2. The number of nitrogens with zero attached hydrogens (tertiary/aromatic N) is 1. The highest BCUT2D eigenvalue weighted by atomic mass is 15.1. The number of rotatable bonds is 4. The Morgan fingerprint density at radius 1 is 0.864 bits per heavy atom. The molecular weight excluding hydrogens is 268 g/mol. The fourth-order valence-electron chi connectivity index (χ4n) is 3.73. The number of benzene rings is 2. The van der Waals surface area contributed by atoms with E-state index >= 15 is 0 Å². The van der Waals surface area contributed by atoms with Gasteiger partial charge < -0.3 is 10.2 Å². The maximum Gasteiger partial charge on any atom is 0.0436 e. The molecule has 0 aromatic heterocycles. The van der Waals surface area contributed by atoms with Crippen molar-refractivity contribution >= 4 is 5.69 Å². The first kappa shape index (κ1) is 13.8. The minimum Gasteiger partial charge on any atom is -0.363 e. The molecule has 2 nitrogen and oxygen atoms in total. The summed E-state index contributed by atoms with van der Waals surface area (Å²) in [6, 6.07) is 18.6. The summed E-state index contributed by atoms with van der Waals surface area (Å²) in [5.74, 6) is 0. The second kappa shape index (κ2) is 6.13. The zero-order valence-electron chi connectivity index (χ0n) is 13.1. The van der Waals surface area contributed by atoms with E-state index in [0.29, 0.717) is 0 Å². The number of hydrogen-bond acceptors (Lipinski definition) is 2. The zero-order chi connectivity index (χ0) is 14.8. The van der Waals surface area contributed by atoms with Crippen LogP contribution in [0.25, 0.3) is 0 Å². The summed E-state index contributed by atoms with van der Waals surface area (Å²) in [7, 11) is 0. The van der Waals surface area contributed by atoms with Gasteiger partial charge in [0.1, 0.15) is 0 Å². The van der Waals surface area contributed by atoms with E-state index in [1.807, 2.05) is 0 Å². The highest BCUT2D eigenvalue weighted by molar-refractivity contribution is 5.52. The third-order valence-corrected chi connectivity index (χ3v) is 5.09. The van der Waals surface area contributed by atoms with Crippen molar-refractivity contribution in [3.05, 3.63) is 65.2 Å². The first-order chi connectivity index (χ1) is 10.9. The van der Waals surface area contributed by atoms with Crippen LogP contribution >= 0.6 is 0 Å². The lowest BCUT2D eigenvalue weighted by Crippen LogP contribution is -2.25. The molecule has 0 unspecified atom stereocenters. The third-order valence-electron chi connectivity index (χ3n) is 5.09. The summed E-state index contributed by atoms with van der Waals surface area (Å²) < 4.78 is 0. The maximum atomic E-state index is 3.69. The summed E-state index contributed by atoms with van der Waals surface area (Å²) in [5.41, 5.74) is 5.66. The van der Waals surface area contributed by atoms with Crippen LogP contribution in [-0.2, 0) is 19.6 Å². The number of nitrogens with one attached hydrogen (secondary N) is 1. The van der Waals surface area contributed by atoms with E-state index in [1.165, 1.54) is 48.1 Å². The molecule has 0 atom stereocenters. The Balaban J connectivity index is 1.38. The van der Waals surface area contributed by atoms with Gasteiger partial charge in [-0.05, 0) is 41.7 Å². The predicted molar refractivity (Wildman–Crippen MR) is 91.9 cm³/mol. The minimum atomic E-state index is 0.743. The Labute approximate surface area is 133 Å². The molecule has 1 N–H and O–H groups in total. The van der Waals surface area contributed by atoms with Crippen LogP contribution < -0.4 is 10.2 Å². The highest BCUT2D eigenvalue weighted by Crippen LogP contribution is 2.28. The first-order valence-electron chi connectivity index (χ1n) is 8.52. The van der Waals surface area contributed by atoms with E-state index in [9.17, 15) is 0 Å². The van der Waals surface area contributed by atoms with Crippen molar-refractivity contribution < 1.29 is 0 Å². The van der Waals surface area contributed by atoms with E-state index in [1.54, 1.807) is 0 Å². The molecule has 1 aliphatic heterocycles. The van der Waals surface area contributed by atoms with E-state index in [-0.39, 0.29) is 0 Å². The molecule has 1 aliphatic carbocycles. The summed E-state index contributed by atoms with van der Waals surface area (Å²) in [6.45, 7) is 3.08. The second-order valence-electron chi connectivity index (χ2n) is 6.65. The van der Waals surface area contributed by atoms with Crippen LogP contribution in [0.1, 0.15) is 42.4 Å². The van der Waals surface area contributed by atoms with E-state index in [4.69, 9.17) is 0 Å². The molecule has 2 aliphatic rings. The van der Waals surface area contributed by atoms with Gasteiger partial charge in [-0.25, -0.2) is 0 Å². The van der Waals surface area contributed by atoms with E-state index < -0.39 is 0 Å². The number of fused-ring (bicyclic) bond motifs is 1. The van der Waals surface area contributed by atoms with Crippen molar-refractivity contribution in [3.63, 3.8) is 0 Å². The van der Waals surface area contributed by atoms with Crippen LogP contribution in [-0.4, -0.2) is 6.04 Å². The van der Waals surface area contributed by atoms with Crippen molar-refractivity contribution in [3.8, 4) is 0 Å². The van der Waals surface area contributed by atoms with Gasteiger partial charge in [0.15, 0.2) is 0 Å². The Kier molecular flexibility index (Phi) is 3.86. The van der Waals surface area contributed by atoms with Crippen LogP contribution in [0, 0.1) is 0 Å². The Hall–Kier alpha value is -1.80. The average molecular weight is 292 g/mol. The topological polar surface area (TPSA) is 15.3 Å². The monoisotopic (exact) mass is 292 g/mol. The molecule has 0 bridgehead atoms.